The van der Waals surface area contributed by atoms with Gasteiger partial charge < -0.3 is 20.7 Å². The molecule has 0 aliphatic heterocycles. The minimum Gasteiger partial charge on any atom is -0.493 e. The highest BCUT2D eigenvalue weighted by Gasteiger charge is 2.18. The SMILES string of the molecule is CCOc1ccccc1/C=C(\NC(=O)c1ccccc1)C(=O)Nc1ccc(SC(C)C(=O)Nc2cc(C)ccc2C)cc1. The molecule has 0 aromatic heterocycles. The molecule has 0 aliphatic rings. The summed E-state index contributed by atoms with van der Waals surface area (Å²) in [6.45, 7) is 8.15. The summed E-state index contributed by atoms with van der Waals surface area (Å²) >= 11 is 1.42. The number of rotatable bonds is 11. The number of thioether (sulfide) groups is 1. The van der Waals surface area contributed by atoms with Gasteiger partial charge in [-0.25, -0.2) is 0 Å². The van der Waals surface area contributed by atoms with Gasteiger partial charge in [0.2, 0.25) is 5.91 Å². The molecule has 1 atom stereocenters. The predicted molar refractivity (Wildman–Crippen MR) is 174 cm³/mol. The molecule has 43 heavy (non-hydrogen) atoms. The van der Waals surface area contributed by atoms with E-state index in [1.165, 1.54) is 11.8 Å². The lowest BCUT2D eigenvalue weighted by atomic mass is 10.1. The van der Waals surface area contributed by atoms with E-state index >= 15 is 0 Å². The minimum atomic E-state index is -0.489. The summed E-state index contributed by atoms with van der Waals surface area (Å²) in [7, 11) is 0. The molecule has 1 unspecified atom stereocenters. The number of para-hydroxylation sites is 1. The number of nitrogens with one attached hydrogen (secondary N) is 3. The molecule has 4 rings (SSSR count). The molecule has 3 amide bonds. The lowest BCUT2D eigenvalue weighted by Gasteiger charge is -2.15. The van der Waals surface area contributed by atoms with Crippen molar-refractivity contribution in [3.05, 3.63) is 125 Å². The van der Waals surface area contributed by atoms with Crippen LogP contribution >= 0.6 is 11.8 Å². The Bertz CT molecular complexity index is 1620. The summed E-state index contributed by atoms with van der Waals surface area (Å²) in [5.74, 6) is -0.387. The van der Waals surface area contributed by atoms with Gasteiger partial charge in [0.15, 0.2) is 0 Å². The maximum Gasteiger partial charge on any atom is 0.272 e. The minimum absolute atomic E-state index is 0.0659. The number of ether oxygens (including phenoxy) is 1. The second-order valence-corrected chi connectivity index (χ2v) is 11.3. The van der Waals surface area contributed by atoms with Crippen LogP contribution in [-0.4, -0.2) is 29.6 Å². The molecule has 7 nitrogen and oxygen atoms in total. The molecule has 0 heterocycles. The number of amides is 3. The van der Waals surface area contributed by atoms with E-state index in [0.29, 0.717) is 29.2 Å². The highest BCUT2D eigenvalue weighted by atomic mass is 32.2. The number of hydrogen-bond acceptors (Lipinski definition) is 5. The zero-order valence-corrected chi connectivity index (χ0v) is 25.5. The van der Waals surface area contributed by atoms with Crippen molar-refractivity contribution in [2.75, 3.05) is 17.2 Å². The van der Waals surface area contributed by atoms with E-state index in [0.717, 1.165) is 21.7 Å². The van der Waals surface area contributed by atoms with E-state index in [4.69, 9.17) is 4.74 Å². The molecule has 4 aromatic carbocycles. The fraction of sp³-hybridized carbons (Fsp3) is 0.171. The van der Waals surface area contributed by atoms with Gasteiger partial charge >= 0.3 is 0 Å². The average Bonchev–Trinajstić information content (AvgIpc) is 3.01. The van der Waals surface area contributed by atoms with Gasteiger partial charge in [-0.1, -0.05) is 48.5 Å². The van der Waals surface area contributed by atoms with E-state index in [1.54, 1.807) is 42.5 Å². The van der Waals surface area contributed by atoms with E-state index in [9.17, 15) is 14.4 Å². The molecular weight excluding hydrogens is 558 g/mol. The number of anilines is 2. The van der Waals surface area contributed by atoms with Gasteiger partial charge in [-0.05, 0) is 93.4 Å². The fourth-order valence-corrected chi connectivity index (χ4v) is 5.03. The Morgan fingerprint density at radius 3 is 2.28 bits per heavy atom. The molecule has 4 aromatic rings. The zero-order chi connectivity index (χ0) is 30.8. The summed E-state index contributed by atoms with van der Waals surface area (Å²) < 4.78 is 5.71. The van der Waals surface area contributed by atoms with Crippen molar-refractivity contribution in [3.63, 3.8) is 0 Å². The number of aryl methyl sites for hydroxylation is 2. The Morgan fingerprint density at radius 2 is 1.56 bits per heavy atom. The van der Waals surface area contributed by atoms with Crippen LogP contribution in [0.15, 0.2) is 108 Å². The number of benzene rings is 4. The summed E-state index contributed by atoms with van der Waals surface area (Å²) in [5.41, 5.74) is 4.58. The molecule has 0 saturated carbocycles. The van der Waals surface area contributed by atoms with E-state index in [-0.39, 0.29) is 16.9 Å². The van der Waals surface area contributed by atoms with Crippen molar-refractivity contribution >= 4 is 46.9 Å². The van der Waals surface area contributed by atoms with Gasteiger partial charge in [0.25, 0.3) is 11.8 Å². The van der Waals surface area contributed by atoms with E-state index in [1.807, 2.05) is 88.4 Å². The van der Waals surface area contributed by atoms with Crippen LogP contribution < -0.4 is 20.7 Å². The molecule has 0 spiro atoms. The topological polar surface area (TPSA) is 96.5 Å². The highest BCUT2D eigenvalue weighted by molar-refractivity contribution is 8.00. The molecule has 220 valence electrons. The first-order valence-electron chi connectivity index (χ1n) is 14.0. The first-order valence-corrected chi connectivity index (χ1v) is 14.9. The lowest BCUT2D eigenvalue weighted by Crippen LogP contribution is -2.30. The van der Waals surface area contributed by atoms with Crippen molar-refractivity contribution in [2.24, 2.45) is 0 Å². The van der Waals surface area contributed by atoms with Crippen LogP contribution in [0.2, 0.25) is 0 Å². The largest absolute Gasteiger partial charge is 0.493 e. The predicted octanol–water partition coefficient (Wildman–Crippen LogP) is 7.23. The maximum absolute atomic E-state index is 13.4. The summed E-state index contributed by atoms with van der Waals surface area (Å²) in [5, 5.41) is 8.30. The van der Waals surface area contributed by atoms with Crippen LogP contribution in [0.3, 0.4) is 0 Å². The molecule has 3 N–H and O–H groups in total. The number of hydrogen-bond donors (Lipinski definition) is 3. The maximum atomic E-state index is 13.4. The first-order chi connectivity index (χ1) is 20.7. The van der Waals surface area contributed by atoms with E-state index in [2.05, 4.69) is 16.0 Å². The van der Waals surface area contributed by atoms with Gasteiger partial charge in [-0.2, -0.15) is 0 Å². The van der Waals surface area contributed by atoms with Gasteiger partial charge in [0, 0.05) is 27.4 Å². The molecule has 0 bridgehead atoms. The van der Waals surface area contributed by atoms with Crippen LogP contribution in [0.5, 0.6) is 5.75 Å². The van der Waals surface area contributed by atoms with Crippen molar-refractivity contribution < 1.29 is 19.1 Å². The Kier molecular flexibility index (Phi) is 10.8. The van der Waals surface area contributed by atoms with Crippen LogP contribution in [0.1, 0.15) is 40.9 Å². The van der Waals surface area contributed by atoms with Gasteiger partial charge in [0.05, 0.1) is 11.9 Å². The third-order valence-corrected chi connectivity index (χ3v) is 7.60. The standard InChI is InChI=1S/C35H35N3O4S/c1-5-42-32-14-10-9-13-27(32)22-31(38-34(40)26-11-7-6-8-12-26)35(41)36-28-17-19-29(20-18-28)43-25(4)33(39)37-30-21-23(2)15-16-24(30)3/h6-22,25H,5H2,1-4H3,(H,36,41)(H,37,39)(H,38,40)/b31-22-. The smallest absolute Gasteiger partial charge is 0.272 e. The number of carbonyl (C=O) groups excluding carboxylic acids is 3. The molecular formula is C35H35N3O4S. The number of carbonyl (C=O) groups is 3. The fourth-order valence-electron chi connectivity index (χ4n) is 4.16. The average molecular weight is 594 g/mol. The zero-order valence-electron chi connectivity index (χ0n) is 24.6. The second kappa shape index (κ2) is 14.9. The highest BCUT2D eigenvalue weighted by Crippen LogP contribution is 2.27. The Labute approximate surface area is 256 Å². The molecule has 0 radical (unpaired) electrons. The quantitative estimate of drug-likeness (QED) is 0.126. The lowest BCUT2D eigenvalue weighted by molar-refractivity contribution is -0.115. The Balaban J connectivity index is 1.47. The van der Waals surface area contributed by atoms with Crippen molar-refractivity contribution in [3.8, 4) is 5.75 Å². The monoisotopic (exact) mass is 593 g/mol. The van der Waals surface area contributed by atoms with Gasteiger partial charge in [-0.3, -0.25) is 14.4 Å². The molecule has 0 saturated heterocycles. The van der Waals surface area contributed by atoms with E-state index < -0.39 is 11.8 Å². The summed E-state index contributed by atoms with van der Waals surface area (Å²) in [6, 6.07) is 29.2. The Hall–Kier alpha value is -4.82. The van der Waals surface area contributed by atoms with Gasteiger partial charge in [0.1, 0.15) is 11.4 Å². The van der Waals surface area contributed by atoms with Crippen LogP contribution in [0.25, 0.3) is 6.08 Å². The summed E-state index contributed by atoms with van der Waals surface area (Å²) in [6.07, 6.45) is 1.60. The van der Waals surface area contributed by atoms with Crippen LogP contribution in [-0.2, 0) is 9.59 Å². The third-order valence-electron chi connectivity index (χ3n) is 6.49. The normalized spacial score (nSPS) is 11.8. The second-order valence-electron chi connectivity index (χ2n) is 9.90. The van der Waals surface area contributed by atoms with Gasteiger partial charge in [-0.15, -0.1) is 11.8 Å². The molecule has 0 fully saturated rings. The molecule has 8 heteroatoms. The van der Waals surface area contributed by atoms with Crippen molar-refractivity contribution in [1.29, 1.82) is 0 Å². The first kappa shape index (κ1) is 31.1. The molecule has 0 aliphatic carbocycles. The third kappa shape index (κ3) is 8.83. The summed E-state index contributed by atoms with van der Waals surface area (Å²) in [4.78, 5) is 40.1. The van der Waals surface area contributed by atoms with Crippen LogP contribution in [0.4, 0.5) is 11.4 Å². The Morgan fingerprint density at radius 1 is 0.860 bits per heavy atom. The van der Waals surface area contributed by atoms with Crippen LogP contribution in [0, 0.1) is 13.8 Å². The van der Waals surface area contributed by atoms with Crippen molar-refractivity contribution in [2.45, 2.75) is 37.8 Å². The van der Waals surface area contributed by atoms with Crippen molar-refractivity contribution in [1.82, 2.24) is 5.32 Å².